The monoisotopic (exact) mass is 166 g/mol. The summed E-state index contributed by atoms with van der Waals surface area (Å²) in [6, 6.07) is 0. The van der Waals surface area contributed by atoms with Gasteiger partial charge in [-0.15, -0.1) is 0 Å². The van der Waals surface area contributed by atoms with Gasteiger partial charge < -0.3 is 5.73 Å². The lowest BCUT2D eigenvalue weighted by atomic mass is 10.5. The van der Waals surface area contributed by atoms with Crippen molar-refractivity contribution >= 4 is 23.3 Å². The van der Waals surface area contributed by atoms with Crippen molar-refractivity contribution in [1.82, 2.24) is 9.97 Å². The molecule has 5 heteroatoms. The maximum Gasteiger partial charge on any atom is 0.126 e. The number of hydrogen-bond acceptors (Lipinski definition) is 5. The average Bonchev–Trinajstić information content (AvgIpc) is 2.04. The summed E-state index contributed by atoms with van der Waals surface area (Å²) in [5.41, 5.74) is 6.30. The Morgan fingerprint density at radius 1 is 1.55 bits per heavy atom. The molecule has 1 aromatic rings. The Labute approximate surface area is 68.0 Å². The molecule has 0 aliphatic carbocycles. The van der Waals surface area contributed by atoms with Crippen molar-refractivity contribution in [3.63, 3.8) is 0 Å². The first-order valence-electron chi connectivity index (χ1n) is 3.12. The van der Waals surface area contributed by atoms with Gasteiger partial charge in [0.15, 0.2) is 0 Å². The standard InChI is InChI=1S/C6H6N4S/c7-5-2-11-6-4(10-5)1-8-3-9-6/h1,3H,2H2,(H2,7,10). The van der Waals surface area contributed by atoms with E-state index in [-0.39, 0.29) is 0 Å². The van der Waals surface area contributed by atoms with E-state index in [1.54, 1.807) is 18.0 Å². The molecule has 4 nitrogen and oxygen atoms in total. The van der Waals surface area contributed by atoms with Crippen LogP contribution in [0.2, 0.25) is 0 Å². The number of amidine groups is 1. The summed E-state index contributed by atoms with van der Waals surface area (Å²) < 4.78 is 0. The van der Waals surface area contributed by atoms with E-state index in [9.17, 15) is 0 Å². The lowest BCUT2D eigenvalue weighted by Crippen LogP contribution is -2.16. The van der Waals surface area contributed by atoms with Gasteiger partial charge in [-0.1, -0.05) is 11.8 Å². The number of aliphatic imine (C=N–C) groups is 1. The Morgan fingerprint density at radius 3 is 3.36 bits per heavy atom. The molecule has 0 saturated carbocycles. The molecule has 0 unspecified atom stereocenters. The van der Waals surface area contributed by atoms with Crippen LogP contribution in [0.5, 0.6) is 0 Å². The van der Waals surface area contributed by atoms with Crippen LogP contribution in [0.3, 0.4) is 0 Å². The van der Waals surface area contributed by atoms with E-state index in [0.717, 1.165) is 16.5 Å². The lowest BCUT2D eigenvalue weighted by molar-refractivity contribution is 1.03. The summed E-state index contributed by atoms with van der Waals surface area (Å²) in [6.45, 7) is 0. The van der Waals surface area contributed by atoms with Crippen LogP contribution in [0.4, 0.5) is 5.69 Å². The van der Waals surface area contributed by atoms with Crippen molar-refractivity contribution in [2.24, 2.45) is 10.7 Å². The molecule has 1 aliphatic rings. The largest absolute Gasteiger partial charge is 0.386 e. The molecule has 0 fully saturated rings. The second-order valence-corrected chi connectivity index (χ2v) is 3.07. The van der Waals surface area contributed by atoms with E-state index >= 15 is 0 Å². The Bertz CT molecular complexity index is 309. The van der Waals surface area contributed by atoms with Gasteiger partial charge in [0.2, 0.25) is 0 Å². The number of hydrogen-bond donors (Lipinski definition) is 1. The lowest BCUT2D eigenvalue weighted by Gasteiger charge is -2.08. The Morgan fingerprint density at radius 2 is 2.45 bits per heavy atom. The van der Waals surface area contributed by atoms with Crippen molar-refractivity contribution in [1.29, 1.82) is 0 Å². The summed E-state index contributed by atoms with van der Waals surface area (Å²) in [6.07, 6.45) is 3.18. The minimum Gasteiger partial charge on any atom is -0.386 e. The fourth-order valence-electron chi connectivity index (χ4n) is 0.828. The zero-order valence-electron chi connectivity index (χ0n) is 5.69. The average molecular weight is 166 g/mol. The van der Waals surface area contributed by atoms with Crippen molar-refractivity contribution in [3.05, 3.63) is 12.5 Å². The van der Waals surface area contributed by atoms with Crippen molar-refractivity contribution < 1.29 is 0 Å². The van der Waals surface area contributed by atoms with Gasteiger partial charge in [-0.3, -0.25) is 0 Å². The first-order valence-corrected chi connectivity index (χ1v) is 4.10. The topological polar surface area (TPSA) is 64.2 Å². The molecule has 1 aromatic heterocycles. The molecule has 0 saturated heterocycles. The smallest absolute Gasteiger partial charge is 0.126 e. The van der Waals surface area contributed by atoms with E-state index in [4.69, 9.17) is 5.73 Å². The fourth-order valence-corrected chi connectivity index (χ4v) is 1.55. The summed E-state index contributed by atoms with van der Waals surface area (Å²) in [4.78, 5) is 12.0. The highest BCUT2D eigenvalue weighted by Crippen LogP contribution is 2.29. The minimum absolute atomic E-state index is 0.636. The molecular weight excluding hydrogens is 160 g/mol. The van der Waals surface area contributed by atoms with E-state index in [1.165, 1.54) is 6.33 Å². The Balaban J connectivity index is 2.51. The maximum atomic E-state index is 5.52. The number of thioether (sulfide) groups is 1. The quantitative estimate of drug-likeness (QED) is 0.572. The van der Waals surface area contributed by atoms with E-state index < -0.39 is 0 Å². The van der Waals surface area contributed by atoms with Crippen LogP contribution in [-0.4, -0.2) is 21.6 Å². The molecule has 2 N–H and O–H groups in total. The van der Waals surface area contributed by atoms with Crippen LogP contribution >= 0.6 is 11.8 Å². The van der Waals surface area contributed by atoms with Crippen LogP contribution in [0.15, 0.2) is 22.5 Å². The van der Waals surface area contributed by atoms with Gasteiger partial charge >= 0.3 is 0 Å². The zero-order valence-corrected chi connectivity index (χ0v) is 6.51. The third-order valence-electron chi connectivity index (χ3n) is 1.28. The molecule has 0 atom stereocenters. The Kier molecular flexibility index (Phi) is 1.50. The molecule has 2 heterocycles. The maximum absolute atomic E-state index is 5.52. The Hall–Kier alpha value is -1.10. The molecule has 0 bridgehead atoms. The predicted octanol–water partition coefficient (Wildman–Crippen LogP) is 0.571. The van der Waals surface area contributed by atoms with Crippen molar-refractivity contribution in [3.8, 4) is 0 Å². The molecule has 0 amide bonds. The van der Waals surface area contributed by atoms with Crippen molar-refractivity contribution in [2.45, 2.75) is 5.03 Å². The summed E-state index contributed by atoms with van der Waals surface area (Å²) in [5, 5.41) is 0.911. The van der Waals surface area contributed by atoms with Gasteiger partial charge in [-0.2, -0.15) is 0 Å². The van der Waals surface area contributed by atoms with Gasteiger partial charge in [-0.05, 0) is 0 Å². The number of nitrogens with zero attached hydrogens (tertiary/aromatic N) is 3. The first-order chi connectivity index (χ1) is 5.36. The third-order valence-corrected chi connectivity index (χ3v) is 2.31. The van der Waals surface area contributed by atoms with Crippen LogP contribution < -0.4 is 5.73 Å². The minimum atomic E-state index is 0.636. The van der Waals surface area contributed by atoms with Crippen LogP contribution in [-0.2, 0) is 0 Å². The highest BCUT2D eigenvalue weighted by molar-refractivity contribution is 8.00. The van der Waals surface area contributed by atoms with Gasteiger partial charge in [0.05, 0.1) is 11.9 Å². The van der Waals surface area contributed by atoms with Crippen LogP contribution in [0.25, 0.3) is 0 Å². The van der Waals surface area contributed by atoms with Gasteiger partial charge in [0.25, 0.3) is 0 Å². The summed E-state index contributed by atoms with van der Waals surface area (Å²) in [5.74, 6) is 1.36. The fraction of sp³-hybridized carbons (Fsp3) is 0.167. The normalized spacial score (nSPS) is 15.5. The number of fused-ring (bicyclic) bond motifs is 1. The zero-order chi connectivity index (χ0) is 7.68. The molecule has 2 rings (SSSR count). The molecule has 0 spiro atoms. The van der Waals surface area contributed by atoms with Gasteiger partial charge in [0, 0.05) is 0 Å². The first kappa shape index (κ1) is 6.60. The molecule has 0 radical (unpaired) electrons. The third kappa shape index (κ3) is 1.19. The molecule has 0 aromatic carbocycles. The summed E-state index contributed by atoms with van der Waals surface area (Å²) >= 11 is 1.59. The molecule has 11 heavy (non-hydrogen) atoms. The molecule has 56 valence electrons. The van der Waals surface area contributed by atoms with Gasteiger partial charge in [-0.25, -0.2) is 15.0 Å². The number of rotatable bonds is 0. The van der Waals surface area contributed by atoms with Crippen molar-refractivity contribution in [2.75, 3.05) is 5.75 Å². The summed E-state index contributed by atoms with van der Waals surface area (Å²) in [7, 11) is 0. The molecule has 1 aliphatic heterocycles. The number of aromatic nitrogens is 2. The second kappa shape index (κ2) is 2.50. The SMILES string of the molecule is NC1=Nc2cncnc2SC1. The van der Waals surface area contributed by atoms with E-state index in [1.807, 2.05) is 0 Å². The molecular formula is C6H6N4S. The number of nitrogens with two attached hydrogens (primary N) is 1. The second-order valence-electron chi connectivity index (χ2n) is 2.10. The van der Waals surface area contributed by atoms with E-state index in [2.05, 4.69) is 15.0 Å². The van der Waals surface area contributed by atoms with Gasteiger partial charge in [0.1, 0.15) is 22.9 Å². The highest BCUT2D eigenvalue weighted by Gasteiger charge is 2.10. The predicted molar refractivity (Wildman–Crippen MR) is 44.0 cm³/mol. The van der Waals surface area contributed by atoms with Crippen LogP contribution in [0.1, 0.15) is 0 Å². The van der Waals surface area contributed by atoms with E-state index in [0.29, 0.717) is 5.84 Å². The highest BCUT2D eigenvalue weighted by atomic mass is 32.2. The van der Waals surface area contributed by atoms with Crippen LogP contribution in [0, 0.1) is 0 Å².